The molecule has 0 radical (unpaired) electrons. The SMILES string of the molecule is CC1CCC(C(=O)O)CN1C(=O)c1cccc(N2CCCC2=O)c1. The maximum Gasteiger partial charge on any atom is 0.308 e. The third-order valence-electron chi connectivity index (χ3n) is 4.97. The maximum absolute atomic E-state index is 12.9. The van der Waals surface area contributed by atoms with E-state index in [9.17, 15) is 19.5 Å². The smallest absolute Gasteiger partial charge is 0.308 e. The molecular formula is C18H22N2O4. The summed E-state index contributed by atoms with van der Waals surface area (Å²) in [5, 5.41) is 9.23. The third kappa shape index (κ3) is 3.13. The summed E-state index contributed by atoms with van der Waals surface area (Å²) in [6.45, 7) is 2.86. The number of amides is 2. The van der Waals surface area contributed by atoms with E-state index in [1.54, 1.807) is 28.0 Å². The summed E-state index contributed by atoms with van der Waals surface area (Å²) >= 11 is 0. The van der Waals surface area contributed by atoms with Gasteiger partial charge in [-0.2, -0.15) is 0 Å². The molecule has 2 aliphatic heterocycles. The number of benzene rings is 1. The van der Waals surface area contributed by atoms with E-state index >= 15 is 0 Å². The molecule has 6 nitrogen and oxygen atoms in total. The molecule has 2 unspecified atom stereocenters. The highest BCUT2D eigenvalue weighted by Crippen LogP contribution is 2.26. The molecule has 0 aromatic heterocycles. The molecule has 24 heavy (non-hydrogen) atoms. The van der Waals surface area contributed by atoms with Crippen LogP contribution in [0.15, 0.2) is 24.3 Å². The van der Waals surface area contributed by atoms with E-state index in [1.165, 1.54) is 0 Å². The van der Waals surface area contributed by atoms with Crippen LogP contribution in [0.2, 0.25) is 0 Å². The first-order valence-electron chi connectivity index (χ1n) is 8.41. The van der Waals surface area contributed by atoms with Crippen molar-refractivity contribution in [2.75, 3.05) is 18.0 Å². The molecule has 1 aromatic rings. The summed E-state index contributed by atoms with van der Waals surface area (Å²) in [5.41, 5.74) is 1.24. The van der Waals surface area contributed by atoms with E-state index < -0.39 is 11.9 Å². The normalized spacial score (nSPS) is 24.3. The number of anilines is 1. The number of hydrogen-bond acceptors (Lipinski definition) is 3. The summed E-state index contributed by atoms with van der Waals surface area (Å²) in [6, 6.07) is 7.09. The molecule has 128 valence electrons. The second-order valence-electron chi connectivity index (χ2n) is 6.62. The second-order valence-corrected chi connectivity index (χ2v) is 6.62. The lowest BCUT2D eigenvalue weighted by Crippen LogP contribution is -2.47. The topological polar surface area (TPSA) is 77.9 Å². The van der Waals surface area contributed by atoms with Crippen LogP contribution in [-0.4, -0.2) is 46.9 Å². The van der Waals surface area contributed by atoms with Crippen molar-refractivity contribution < 1.29 is 19.5 Å². The molecule has 0 spiro atoms. The molecule has 0 saturated carbocycles. The van der Waals surface area contributed by atoms with Crippen molar-refractivity contribution in [1.29, 1.82) is 0 Å². The number of carboxylic acids is 1. The Morgan fingerprint density at radius 3 is 2.71 bits per heavy atom. The minimum absolute atomic E-state index is 0.0187. The van der Waals surface area contributed by atoms with Crippen LogP contribution in [0.1, 0.15) is 43.0 Å². The fourth-order valence-electron chi connectivity index (χ4n) is 3.49. The number of carbonyl (C=O) groups excluding carboxylic acids is 2. The van der Waals surface area contributed by atoms with E-state index in [1.807, 2.05) is 13.0 Å². The van der Waals surface area contributed by atoms with Crippen LogP contribution in [0.4, 0.5) is 5.69 Å². The molecule has 2 saturated heterocycles. The Morgan fingerprint density at radius 1 is 1.25 bits per heavy atom. The van der Waals surface area contributed by atoms with Crippen molar-refractivity contribution in [3.8, 4) is 0 Å². The first kappa shape index (κ1) is 16.5. The molecule has 1 aromatic carbocycles. The molecule has 6 heteroatoms. The monoisotopic (exact) mass is 330 g/mol. The first-order valence-corrected chi connectivity index (χ1v) is 8.41. The van der Waals surface area contributed by atoms with Crippen LogP contribution in [-0.2, 0) is 9.59 Å². The number of carboxylic acid groups (broad SMARTS) is 1. The van der Waals surface area contributed by atoms with Crippen molar-refractivity contribution in [3.05, 3.63) is 29.8 Å². The number of piperidine rings is 1. The Hall–Kier alpha value is -2.37. The number of aliphatic carboxylic acids is 1. The summed E-state index contributed by atoms with van der Waals surface area (Å²) in [4.78, 5) is 39.3. The number of carbonyl (C=O) groups is 3. The molecule has 2 atom stereocenters. The quantitative estimate of drug-likeness (QED) is 0.921. The number of rotatable bonds is 3. The zero-order chi connectivity index (χ0) is 17.3. The van der Waals surface area contributed by atoms with Crippen LogP contribution < -0.4 is 4.90 Å². The molecule has 1 N–H and O–H groups in total. The highest BCUT2D eigenvalue weighted by Gasteiger charge is 2.33. The Labute approximate surface area is 141 Å². The van der Waals surface area contributed by atoms with Gasteiger partial charge in [-0.3, -0.25) is 14.4 Å². The van der Waals surface area contributed by atoms with Gasteiger partial charge in [-0.1, -0.05) is 6.07 Å². The molecular weight excluding hydrogens is 308 g/mol. The van der Waals surface area contributed by atoms with Crippen LogP contribution >= 0.6 is 0 Å². The molecule has 2 amide bonds. The zero-order valence-corrected chi connectivity index (χ0v) is 13.8. The highest BCUT2D eigenvalue weighted by atomic mass is 16.4. The first-order chi connectivity index (χ1) is 11.5. The number of likely N-dealkylation sites (tertiary alicyclic amines) is 1. The molecule has 0 bridgehead atoms. The van der Waals surface area contributed by atoms with Gasteiger partial charge in [0.05, 0.1) is 5.92 Å². The predicted molar refractivity (Wildman–Crippen MR) is 88.9 cm³/mol. The van der Waals surface area contributed by atoms with Gasteiger partial charge in [-0.25, -0.2) is 0 Å². The van der Waals surface area contributed by atoms with E-state index in [0.29, 0.717) is 31.4 Å². The Balaban J connectivity index is 1.81. The summed E-state index contributed by atoms with van der Waals surface area (Å²) < 4.78 is 0. The Kier molecular flexibility index (Phi) is 4.55. The van der Waals surface area contributed by atoms with Gasteiger partial charge in [0.15, 0.2) is 0 Å². The summed E-state index contributed by atoms with van der Waals surface area (Å²) in [7, 11) is 0. The van der Waals surface area contributed by atoms with Gasteiger partial charge in [0.25, 0.3) is 5.91 Å². The fourth-order valence-corrected chi connectivity index (χ4v) is 3.49. The number of nitrogens with zero attached hydrogens (tertiary/aromatic N) is 2. The van der Waals surface area contributed by atoms with Gasteiger partial charge in [0.1, 0.15) is 0 Å². The van der Waals surface area contributed by atoms with Gasteiger partial charge in [-0.05, 0) is 44.4 Å². The lowest BCUT2D eigenvalue weighted by molar-refractivity contribution is -0.143. The zero-order valence-electron chi connectivity index (χ0n) is 13.8. The van der Waals surface area contributed by atoms with Crippen LogP contribution in [0.3, 0.4) is 0 Å². The van der Waals surface area contributed by atoms with Gasteiger partial charge < -0.3 is 14.9 Å². The molecule has 3 rings (SSSR count). The number of hydrogen-bond donors (Lipinski definition) is 1. The van der Waals surface area contributed by atoms with Crippen molar-refractivity contribution in [2.24, 2.45) is 5.92 Å². The molecule has 2 aliphatic rings. The Morgan fingerprint density at radius 2 is 2.04 bits per heavy atom. The van der Waals surface area contributed by atoms with Crippen LogP contribution in [0.5, 0.6) is 0 Å². The van der Waals surface area contributed by atoms with Gasteiger partial charge in [0, 0.05) is 36.8 Å². The molecule has 0 aliphatic carbocycles. The summed E-state index contributed by atoms with van der Waals surface area (Å²) in [6.07, 6.45) is 2.66. The van der Waals surface area contributed by atoms with Crippen LogP contribution in [0.25, 0.3) is 0 Å². The van der Waals surface area contributed by atoms with Crippen LogP contribution in [0, 0.1) is 5.92 Å². The minimum Gasteiger partial charge on any atom is -0.481 e. The maximum atomic E-state index is 12.9. The summed E-state index contributed by atoms with van der Waals surface area (Å²) in [5.74, 6) is -1.44. The average Bonchev–Trinajstić information content (AvgIpc) is 3.00. The largest absolute Gasteiger partial charge is 0.481 e. The third-order valence-corrected chi connectivity index (χ3v) is 4.97. The van der Waals surface area contributed by atoms with E-state index in [0.717, 1.165) is 12.1 Å². The standard InChI is InChI=1S/C18H22N2O4/c1-12-7-8-14(18(23)24)11-20(12)17(22)13-4-2-5-15(10-13)19-9-3-6-16(19)21/h2,4-5,10,12,14H,3,6-9,11H2,1H3,(H,23,24). The Bertz CT molecular complexity index is 673. The van der Waals surface area contributed by atoms with Crippen molar-refractivity contribution in [1.82, 2.24) is 4.90 Å². The molecule has 2 heterocycles. The van der Waals surface area contributed by atoms with E-state index in [-0.39, 0.29) is 24.4 Å². The second kappa shape index (κ2) is 6.63. The van der Waals surface area contributed by atoms with Gasteiger partial charge in [-0.15, -0.1) is 0 Å². The minimum atomic E-state index is -0.851. The highest BCUT2D eigenvalue weighted by molar-refractivity contribution is 5.99. The van der Waals surface area contributed by atoms with Gasteiger partial charge in [0.2, 0.25) is 5.91 Å². The van der Waals surface area contributed by atoms with Crippen molar-refractivity contribution >= 4 is 23.5 Å². The van der Waals surface area contributed by atoms with E-state index in [2.05, 4.69) is 0 Å². The van der Waals surface area contributed by atoms with Crippen molar-refractivity contribution in [2.45, 2.75) is 38.6 Å². The van der Waals surface area contributed by atoms with Crippen molar-refractivity contribution in [3.63, 3.8) is 0 Å². The average molecular weight is 330 g/mol. The van der Waals surface area contributed by atoms with Gasteiger partial charge >= 0.3 is 5.97 Å². The lowest BCUT2D eigenvalue weighted by atomic mass is 9.93. The fraction of sp³-hybridized carbons (Fsp3) is 0.500. The molecule has 2 fully saturated rings. The predicted octanol–water partition coefficient (Wildman–Crippen LogP) is 2.14. The lowest BCUT2D eigenvalue weighted by Gasteiger charge is -2.36. The van der Waals surface area contributed by atoms with E-state index in [4.69, 9.17) is 0 Å².